The van der Waals surface area contributed by atoms with Crippen LogP contribution in [-0.2, 0) is 16.2 Å². The van der Waals surface area contributed by atoms with Crippen LogP contribution >= 0.6 is 11.8 Å². The van der Waals surface area contributed by atoms with Gasteiger partial charge in [0.15, 0.2) is 4.87 Å². The lowest BCUT2D eigenvalue weighted by atomic mass is 10.0. The van der Waals surface area contributed by atoms with Gasteiger partial charge in [0, 0.05) is 23.4 Å². The van der Waals surface area contributed by atoms with Crippen LogP contribution in [0.3, 0.4) is 0 Å². The maximum Gasteiger partial charge on any atom is 0.268 e. The molecule has 1 atom stereocenters. The van der Waals surface area contributed by atoms with Crippen molar-refractivity contribution >= 4 is 29.3 Å². The second-order valence-electron chi connectivity index (χ2n) is 7.86. The minimum absolute atomic E-state index is 0.123. The van der Waals surface area contributed by atoms with Crippen LogP contribution in [0.4, 0.5) is 10.1 Å². The Kier molecular flexibility index (Phi) is 4.82. The molecule has 5 rings (SSSR count). The molecule has 0 N–H and O–H groups in total. The number of carbonyl (C=O) groups excluding carboxylic acids is 2. The normalized spacial score (nSPS) is 19.9. The molecule has 1 spiro atoms. The van der Waals surface area contributed by atoms with Gasteiger partial charge in [-0.3, -0.25) is 9.59 Å². The van der Waals surface area contributed by atoms with Gasteiger partial charge in [-0.05, 0) is 36.8 Å². The van der Waals surface area contributed by atoms with E-state index >= 15 is 0 Å². The SMILES string of the molecule is Cc1cccc(CN2C(=O)C3(SCCN3C(=O)c3cccc(F)c3)c3ccccc32)c1. The molecule has 3 aromatic carbocycles. The van der Waals surface area contributed by atoms with E-state index in [4.69, 9.17) is 0 Å². The summed E-state index contributed by atoms with van der Waals surface area (Å²) in [6.45, 7) is 2.89. The van der Waals surface area contributed by atoms with E-state index < -0.39 is 10.7 Å². The van der Waals surface area contributed by atoms with Gasteiger partial charge >= 0.3 is 0 Å². The predicted octanol–water partition coefficient (Wildman–Crippen LogP) is 4.72. The highest BCUT2D eigenvalue weighted by Gasteiger charge is 2.59. The van der Waals surface area contributed by atoms with Gasteiger partial charge in [-0.2, -0.15) is 0 Å². The average Bonchev–Trinajstić information content (AvgIpc) is 3.31. The Balaban J connectivity index is 1.58. The summed E-state index contributed by atoms with van der Waals surface area (Å²) in [6.07, 6.45) is 0. The monoisotopic (exact) mass is 432 g/mol. The van der Waals surface area contributed by atoms with Gasteiger partial charge in [-0.25, -0.2) is 4.39 Å². The number of anilines is 1. The highest BCUT2D eigenvalue weighted by molar-refractivity contribution is 8.01. The van der Waals surface area contributed by atoms with Crippen molar-refractivity contribution < 1.29 is 14.0 Å². The first kappa shape index (κ1) is 19.8. The summed E-state index contributed by atoms with van der Waals surface area (Å²) in [5.74, 6) is -0.280. The number of fused-ring (bicyclic) bond motifs is 2. The van der Waals surface area contributed by atoms with Gasteiger partial charge in [-0.1, -0.05) is 54.1 Å². The number of thioether (sulfide) groups is 1. The van der Waals surface area contributed by atoms with Crippen LogP contribution in [-0.4, -0.2) is 29.0 Å². The van der Waals surface area contributed by atoms with Gasteiger partial charge < -0.3 is 9.80 Å². The van der Waals surface area contributed by atoms with Crippen molar-refractivity contribution in [2.24, 2.45) is 0 Å². The van der Waals surface area contributed by atoms with E-state index in [9.17, 15) is 14.0 Å². The molecule has 0 bridgehead atoms. The smallest absolute Gasteiger partial charge is 0.268 e. The summed E-state index contributed by atoms with van der Waals surface area (Å²) in [5, 5.41) is 0. The molecule has 1 saturated heterocycles. The molecule has 6 heteroatoms. The topological polar surface area (TPSA) is 40.6 Å². The van der Waals surface area contributed by atoms with Gasteiger partial charge in [0.25, 0.3) is 11.8 Å². The van der Waals surface area contributed by atoms with Crippen molar-refractivity contribution in [2.45, 2.75) is 18.3 Å². The van der Waals surface area contributed by atoms with Gasteiger partial charge in [0.05, 0.1) is 12.2 Å². The molecule has 4 nitrogen and oxygen atoms in total. The molecule has 0 saturated carbocycles. The van der Waals surface area contributed by atoms with E-state index in [1.165, 1.54) is 30.0 Å². The Bertz CT molecular complexity index is 1200. The number of aryl methyl sites for hydroxylation is 1. The van der Waals surface area contributed by atoms with E-state index in [1.54, 1.807) is 15.9 Å². The Morgan fingerprint density at radius 3 is 2.68 bits per heavy atom. The molecule has 2 amide bonds. The van der Waals surface area contributed by atoms with E-state index in [0.29, 0.717) is 18.8 Å². The molecule has 2 aliphatic rings. The summed E-state index contributed by atoms with van der Waals surface area (Å²) in [6, 6.07) is 21.4. The molecule has 2 aliphatic heterocycles. The number of rotatable bonds is 3. The Labute approximate surface area is 184 Å². The van der Waals surface area contributed by atoms with Crippen LogP contribution < -0.4 is 4.90 Å². The minimum atomic E-state index is -1.12. The van der Waals surface area contributed by atoms with Gasteiger partial charge in [0.2, 0.25) is 0 Å². The number of halogens is 1. The van der Waals surface area contributed by atoms with Crippen LogP contribution in [0.15, 0.2) is 72.8 Å². The third-order valence-electron chi connectivity index (χ3n) is 5.84. The summed E-state index contributed by atoms with van der Waals surface area (Å²) < 4.78 is 13.8. The first-order valence-corrected chi connectivity index (χ1v) is 11.2. The molecule has 2 heterocycles. The maximum atomic E-state index is 13.9. The fourth-order valence-electron chi connectivity index (χ4n) is 4.50. The third-order valence-corrected chi connectivity index (χ3v) is 7.26. The molecular formula is C25H21FN2O2S. The zero-order chi connectivity index (χ0) is 21.6. The number of hydrogen-bond donors (Lipinski definition) is 0. The third kappa shape index (κ3) is 3.13. The van der Waals surface area contributed by atoms with Crippen molar-refractivity contribution in [3.63, 3.8) is 0 Å². The highest BCUT2D eigenvalue weighted by Crippen LogP contribution is 2.54. The number of amides is 2. The Morgan fingerprint density at radius 1 is 1.06 bits per heavy atom. The Hall–Kier alpha value is -3.12. The fraction of sp³-hybridized carbons (Fsp3) is 0.200. The van der Waals surface area contributed by atoms with Crippen LogP contribution in [0.2, 0.25) is 0 Å². The molecular weight excluding hydrogens is 411 g/mol. The number of carbonyl (C=O) groups is 2. The van der Waals surface area contributed by atoms with Gasteiger partial charge in [0.1, 0.15) is 5.82 Å². The second-order valence-corrected chi connectivity index (χ2v) is 9.14. The lowest BCUT2D eigenvalue weighted by Crippen LogP contribution is -2.50. The minimum Gasteiger partial charge on any atom is -0.311 e. The number of benzene rings is 3. The molecule has 156 valence electrons. The maximum absolute atomic E-state index is 13.9. The average molecular weight is 433 g/mol. The first-order valence-electron chi connectivity index (χ1n) is 10.2. The second kappa shape index (κ2) is 7.54. The van der Waals surface area contributed by atoms with Crippen molar-refractivity contribution in [1.82, 2.24) is 4.90 Å². The first-order chi connectivity index (χ1) is 15.0. The highest BCUT2D eigenvalue weighted by atomic mass is 32.2. The van der Waals surface area contributed by atoms with E-state index in [2.05, 4.69) is 6.07 Å². The van der Waals surface area contributed by atoms with Crippen molar-refractivity contribution in [2.75, 3.05) is 17.2 Å². The zero-order valence-corrected chi connectivity index (χ0v) is 17.9. The Morgan fingerprint density at radius 2 is 1.87 bits per heavy atom. The molecule has 1 fully saturated rings. The van der Waals surface area contributed by atoms with E-state index in [0.717, 1.165) is 22.4 Å². The number of nitrogens with zero attached hydrogens (tertiary/aromatic N) is 2. The van der Waals surface area contributed by atoms with E-state index in [1.807, 2.05) is 49.4 Å². The summed E-state index contributed by atoms with van der Waals surface area (Å²) in [4.78, 5) is 29.6. The van der Waals surface area contributed by atoms with E-state index in [-0.39, 0.29) is 17.4 Å². The summed E-state index contributed by atoms with van der Waals surface area (Å²) in [5.41, 5.74) is 4.06. The molecule has 31 heavy (non-hydrogen) atoms. The van der Waals surface area contributed by atoms with Crippen molar-refractivity contribution in [3.05, 3.63) is 101 Å². The summed E-state index contributed by atoms with van der Waals surface area (Å²) in [7, 11) is 0. The van der Waals surface area contributed by atoms with Crippen LogP contribution in [0.25, 0.3) is 0 Å². The largest absolute Gasteiger partial charge is 0.311 e. The quantitative estimate of drug-likeness (QED) is 0.601. The predicted molar refractivity (Wildman–Crippen MR) is 120 cm³/mol. The van der Waals surface area contributed by atoms with Crippen LogP contribution in [0.1, 0.15) is 27.0 Å². The van der Waals surface area contributed by atoms with Crippen molar-refractivity contribution in [3.8, 4) is 0 Å². The number of para-hydroxylation sites is 1. The zero-order valence-electron chi connectivity index (χ0n) is 17.0. The van der Waals surface area contributed by atoms with Crippen molar-refractivity contribution in [1.29, 1.82) is 0 Å². The molecule has 0 radical (unpaired) electrons. The fourth-order valence-corrected chi connectivity index (χ4v) is 5.96. The molecule has 0 aromatic heterocycles. The lowest BCUT2D eigenvalue weighted by molar-refractivity contribution is -0.123. The number of hydrogen-bond acceptors (Lipinski definition) is 3. The lowest BCUT2D eigenvalue weighted by Gasteiger charge is -2.33. The van der Waals surface area contributed by atoms with Crippen LogP contribution in [0, 0.1) is 12.7 Å². The van der Waals surface area contributed by atoms with Crippen LogP contribution in [0.5, 0.6) is 0 Å². The standard InChI is InChI=1S/C25H21FN2O2S/c1-17-6-4-7-18(14-17)16-27-22-11-3-2-10-21(22)25(24(27)30)28(12-13-31-25)23(29)19-8-5-9-20(26)15-19/h2-11,14-15H,12-13,16H2,1H3. The van der Waals surface area contributed by atoms with Gasteiger partial charge in [-0.15, -0.1) is 11.8 Å². The molecule has 3 aromatic rings. The summed E-state index contributed by atoms with van der Waals surface area (Å²) >= 11 is 1.48. The molecule has 1 unspecified atom stereocenters. The molecule has 0 aliphatic carbocycles.